The Balaban J connectivity index is 1.37. The maximum atomic E-state index is 12.9. The number of aromatic amines is 1. The lowest BCUT2D eigenvalue weighted by Gasteiger charge is -2.36. The fourth-order valence-corrected chi connectivity index (χ4v) is 5.83. The molecule has 5 rings (SSSR count). The van der Waals surface area contributed by atoms with E-state index < -0.39 is 0 Å². The highest BCUT2D eigenvalue weighted by atomic mass is 35.5. The van der Waals surface area contributed by atoms with Crippen LogP contribution in [0.3, 0.4) is 0 Å². The molecule has 39 heavy (non-hydrogen) atoms. The molecule has 202 valence electrons. The Morgan fingerprint density at radius 2 is 2.03 bits per heavy atom. The second-order valence-electron chi connectivity index (χ2n) is 10.4. The molecular formula is C31H35ClN6O. The summed E-state index contributed by atoms with van der Waals surface area (Å²) in [6, 6.07) is 8.63. The minimum Gasteiger partial charge on any atom is -0.348 e. The van der Waals surface area contributed by atoms with Gasteiger partial charge < -0.3 is 10.3 Å². The van der Waals surface area contributed by atoms with Gasteiger partial charge in [-0.05, 0) is 68.7 Å². The van der Waals surface area contributed by atoms with Crippen LogP contribution in [0.15, 0.2) is 65.6 Å². The Kier molecular flexibility index (Phi) is 8.38. The SMILES string of the molecule is Cc1nc(CN(Cc2cccc(CNC(=O)c3c(C)cncc3Cl)c2)C2CCCC3=CCC=CN=C32)c(C)[nH]1. The van der Waals surface area contributed by atoms with E-state index in [1.165, 1.54) is 23.0 Å². The molecule has 0 spiro atoms. The molecule has 3 heterocycles. The van der Waals surface area contributed by atoms with Gasteiger partial charge in [0.2, 0.25) is 0 Å². The molecule has 1 unspecified atom stereocenters. The number of fused-ring (bicyclic) bond motifs is 1. The van der Waals surface area contributed by atoms with Crippen molar-refractivity contribution < 1.29 is 4.79 Å². The van der Waals surface area contributed by atoms with Crippen LogP contribution in [0.25, 0.3) is 0 Å². The first kappa shape index (κ1) is 27.0. The molecule has 1 aliphatic heterocycles. The highest BCUT2D eigenvalue weighted by Crippen LogP contribution is 2.30. The van der Waals surface area contributed by atoms with E-state index in [-0.39, 0.29) is 11.9 Å². The van der Waals surface area contributed by atoms with Crippen LogP contribution in [-0.4, -0.2) is 37.5 Å². The van der Waals surface area contributed by atoms with Gasteiger partial charge in [0.1, 0.15) is 5.82 Å². The number of pyridine rings is 1. The number of amides is 1. The Morgan fingerprint density at radius 3 is 2.82 bits per heavy atom. The predicted octanol–water partition coefficient (Wildman–Crippen LogP) is 6.15. The molecule has 2 aromatic heterocycles. The van der Waals surface area contributed by atoms with Crippen LogP contribution in [0.5, 0.6) is 0 Å². The number of benzene rings is 1. The zero-order valence-corrected chi connectivity index (χ0v) is 23.6. The van der Waals surface area contributed by atoms with Crippen LogP contribution in [-0.2, 0) is 19.6 Å². The number of carbonyl (C=O) groups is 1. The minimum atomic E-state index is -0.197. The van der Waals surface area contributed by atoms with Crippen LogP contribution >= 0.6 is 11.6 Å². The van der Waals surface area contributed by atoms with Crippen molar-refractivity contribution in [1.29, 1.82) is 0 Å². The summed E-state index contributed by atoms with van der Waals surface area (Å²) in [6.45, 7) is 7.83. The van der Waals surface area contributed by atoms with E-state index in [4.69, 9.17) is 21.6 Å². The zero-order valence-electron chi connectivity index (χ0n) is 22.8. The Labute approximate surface area is 235 Å². The van der Waals surface area contributed by atoms with Gasteiger partial charge >= 0.3 is 0 Å². The summed E-state index contributed by atoms with van der Waals surface area (Å²) in [6.07, 6.45) is 13.8. The van der Waals surface area contributed by atoms with Crippen molar-refractivity contribution in [3.63, 3.8) is 0 Å². The van der Waals surface area contributed by atoms with Crippen molar-refractivity contribution in [2.75, 3.05) is 0 Å². The molecular weight excluding hydrogens is 508 g/mol. The molecule has 0 radical (unpaired) electrons. The summed E-state index contributed by atoms with van der Waals surface area (Å²) in [5.74, 6) is 0.737. The second-order valence-corrected chi connectivity index (χ2v) is 10.8. The zero-order chi connectivity index (χ0) is 27.4. The molecule has 7 nitrogen and oxygen atoms in total. The molecule has 1 saturated carbocycles. The fraction of sp³-hybridized carbons (Fsp3) is 0.355. The van der Waals surface area contributed by atoms with Crippen LogP contribution in [0.2, 0.25) is 5.02 Å². The van der Waals surface area contributed by atoms with Crippen molar-refractivity contribution in [2.24, 2.45) is 4.99 Å². The van der Waals surface area contributed by atoms with E-state index in [0.29, 0.717) is 17.1 Å². The number of hydrogen-bond donors (Lipinski definition) is 2. The molecule has 8 heteroatoms. The summed E-state index contributed by atoms with van der Waals surface area (Å²) in [5.41, 5.74) is 8.18. The van der Waals surface area contributed by atoms with E-state index >= 15 is 0 Å². The number of carbonyl (C=O) groups excluding carboxylic acids is 1. The van der Waals surface area contributed by atoms with E-state index in [1.807, 2.05) is 26.1 Å². The Hall–Kier alpha value is -3.55. The number of aliphatic imine (C=N–C) groups is 1. The quantitative estimate of drug-likeness (QED) is 0.357. The standard InChI is InChI=1S/C31H35ClN6O/c1-20-15-33-17-26(32)29(20)31(39)35-16-23-8-6-9-24(14-23)18-38(19-27-21(2)36-22(3)37-27)28-12-7-11-25-10-4-5-13-34-30(25)28/h5-6,8-10,13-15,17,28H,4,7,11-12,16,18-19H2,1-3H3,(H,35,39)(H,36,37). The van der Waals surface area contributed by atoms with Crippen molar-refractivity contribution >= 4 is 23.2 Å². The molecule has 2 aliphatic rings. The summed E-state index contributed by atoms with van der Waals surface area (Å²) in [7, 11) is 0. The van der Waals surface area contributed by atoms with Crippen molar-refractivity contribution in [1.82, 2.24) is 25.2 Å². The molecule has 1 aromatic carbocycles. The predicted molar refractivity (Wildman–Crippen MR) is 156 cm³/mol. The first-order chi connectivity index (χ1) is 18.9. The average molecular weight is 543 g/mol. The van der Waals surface area contributed by atoms with Crippen LogP contribution in [0.1, 0.15) is 69.9 Å². The average Bonchev–Trinajstić information content (AvgIpc) is 3.08. The smallest absolute Gasteiger partial charge is 0.253 e. The van der Waals surface area contributed by atoms with Crippen LogP contribution < -0.4 is 5.32 Å². The van der Waals surface area contributed by atoms with Gasteiger partial charge in [-0.1, -0.05) is 48.0 Å². The number of nitrogens with one attached hydrogen (secondary N) is 2. The van der Waals surface area contributed by atoms with Gasteiger partial charge in [-0.3, -0.25) is 19.7 Å². The van der Waals surface area contributed by atoms with Crippen LogP contribution in [0, 0.1) is 20.8 Å². The number of rotatable bonds is 8. The van der Waals surface area contributed by atoms with Crippen molar-refractivity contribution in [3.05, 3.63) is 105 Å². The fourth-order valence-electron chi connectivity index (χ4n) is 5.54. The second kappa shape index (κ2) is 12.1. The van der Waals surface area contributed by atoms with Gasteiger partial charge in [0.15, 0.2) is 0 Å². The molecule has 1 aliphatic carbocycles. The molecule has 1 amide bonds. The molecule has 0 bridgehead atoms. The lowest BCUT2D eigenvalue weighted by Crippen LogP contribution is -2.43. The number of nitrogens with zero attached hydrogens (tertiary/aromatic N) is 4. The first-order valence-corrected chi connectivity index (χ1v) is 13.9. The summed E-state index contributed by atoms with van der Waals surface area (Å²) in [5, 5.41) is 3.38. The van der Waals surface area contributed by atoms with Gasteiger partial charge in [-0.15, -0.1) is 0 Å². The maximum absolute atomic E-state index is 12.9. The first-order valence-electron chi connectivity index (χ1n) is 13.5. The van der Waals surface area contributed by atoms with Gasteiger partial charge in [-0.2, -0.15) is 0 Å². The number of hydrogen-bond acceptors (Lipinski definition) is 5. The number of imidazole rings is 1. The third kappa shape index (κ3) is 6.37. The van der Waals surface area contributed by atoms with Gasteiger partial charge in [-0.25, -0.2) is 4.98 Å². The number of allylic oxidation sites excluding steroid dienone is 2. The van der Waals surface area contributed by atoms with Gasteiger partial charge in [0.25, 0.3) is 5.91 Å². The largest absolute Gasteiger partial charge is 0.348 e. The molecule has 3 aromatic rings. The molecule has 1 fully saturated rings. The highest BCUT2D eigenvalue weighted by molar-refractivity contribution is 6.33. The summed E-state index contributed by atoms with van der Waals surface area (Å²) < 4.78 is 0. The lowest BCUT2D eigenvalue weighted by atomic mass is 9.86. The Morgan fingerprint density at radius 1 is 1.18 bits per heavy atom. The number of aromatic nitrogens is 3. The van der Waals surface area contributed by atoms with E-state index in [2.05, 4.69) is 57.5 Å². The Bertz CT molecular complexity index is 1430. The third-order valence-corrected chi connectivity index (χ3v) is 7.72. The molecule has 0 saturated heterocycles. The van der Waals surface area contributed by atoms with Crippen molar-refractivity contribution in [3.8, 4) is 0 Å². The number of H-pyrrole nitrogens is 1. The van der Waals surface area contributed by atoms with E-state index in [1.54, 1.807) is 6.20 Å². The summed E-state index contributed by atoms with van der Waals surface area (Å²) in [4.78, 5) is 32.5. The molecule has 2 N–H and O–H groups in total. The van der Waals surface area contributed by atoms with E-state index in [0.717, 1.165) is 67.1 Å². The number of aryl methyl sites for hydroxylation is 3. The molecule has 1 atom stereocenters. The van der Waals surface area contributed by atoms with Gasteiger partial charge in [0, 0.05) is 43.9 Å². The van der Waals surface area contributed by atoms with Crippen molar-refractivity contribution in [2.45, 2.75) is 72.1 Å². The third-order valence-electron chi connectivity index (χ3n) is 7.43. The van der Waals surface area contributed by atoms with Gasteiger partial charge in [0.05, 0.1) is 28.0 Å². The normalized spacial score (nSPS) is 16.9. The van der Waals surface area contributed by atoms with Crippen LogP contribution in [0.4, 0.5) is 0 Å². The monoisotopic (exact) mass is 542 g/mol. The maximum Gasteiger partial charge on any atom is 0.253 e. The number of halogens is 1. The van der Waals surface area contributed by atoms with E-state index in [9.17, 15) is 4.79 Å². The lowest BCUT2D eigenvalue weighted by molar-refractivity contribution is 0.0950. The minimum absolute atomic E-state index is 0.197. The topological polar surface area (TPSA) is 86.3 Å². The highest BCUT2D eigenvalue weighted by Gasteiger charge is 2.30. The summed E-state index contributed by atoms with van der Waals surface area (Å²) >= 11 is 6.25.